The average Bonchev–Trinajstić information content (AvgIpc) is 4.01. The summed E-state index contributed by atoms with van der Waals surface area (Å²) in [5.74, 6) is -1.80. The minimum Gasteiger partial charge on any atom is -0.422 e. The van der Waals surface area contributed by atoms with Gasteiger partial charge in [0.25, 0.3) is 12.0 Å². The normalized spacial score (nSPS) is 23.5. The molecule has 9 heterocycles. The van der Waals surface area contributed by atoms with Crippen LogP contribution in [0.2, 0.25) is 0 Å². The fourth-order valence-corrected chi connectivity index (χ4v) is 10.0. The standard InChI is InChI=1S/C37H34F6N8O6S2/c1-35(53,23-10-22(32-45-5-7-59-32)28-26(30(23)57-37(41,42)43)49-34(55-28)50-12-16-2-3-17(13-50)46-16)11-24(52)20-9-21(31-44-4-6-58-31)27-25(29(20)56-36(38,39)40)48-33(54-27)51-14-18-8-19(15-51)47-18/h4-7,9-10,16-19,24,46-47,52-53H,2-3,8,11-15H2,1H3. The van der Waals surface area contributed by atoms with Crippen LogP contribution >= 0.6 is 22.7 Å². The maximum atomic E-state index is 14.3. The number of aliphatic hydroxyl groups is 2. The van der Waals surface area contributed by atoms with E-state index in [4.69, 9.17) is 8.83 Å². The Morgan fingerprint density at radius 2 is 1.25 bits per heavy atom. The minimum absolute atomic E-state index is 0.0390. The van der Waals surface area contributed by atoms with Gasteiger partial charge in [-0.15, -0.1) is 49.0 Å². The van der Waals surface area contributed by atoms with E-state index < -0.39 is 53.5 Å². The van der Waals surface area contributed by atoms with Crippen molar-refractivity contribution < 1.29 is 54.9 Å². The number of nitrogens with one attached hydrogen (secondary N) is 2. The monoisotopic (exact) mass is 864 g/mol. The van der Waals surface area contributed by atoms with Crippen LogP contribution in [0.25, 0.3) is 43.3 Å². The Balaban J connectivity index is 1.10. The Morgan fingerprint density at radius 1 is 0.780 bits per heavy atom. The molecule has 6 aromatic rings. The molecule has 0 saturated carbocycles. The van der Waals surface area contributed by atoms with Crippen LogP contribution in [0.4, 0.5) is 38.4 Å². The zero-order valence-electron chi connectivity index (χ0n) is 30.8. The second-order valence-electron chi connectivity index (χ2n) is 15.5. The van der Waals surface area contributed by atoms with Crippen LogP contribution in [0.5, 0.6) is 11.5 Å². The lowest BCUT2D eigenvalue weighted by Crippen LogP contribution is -2.67. The lowest BCUT2D eigenvalue weighted by Gasteiger charge is -2.47. The zero-order chi connectivity index (χ0) is 41.0. The Morgan fingerprint density at radius 3 is 1.76 bits per heavy atom. The summed E-state index contributed by atoms with van der Waals surface area (Å²) in [6.45, 7) is 3.07. The van der Waals surface area contributed by atoms with E-state index in [2.05, 4.69) is 40.0 Å². The number of benzene rings is 2. The number of ether oxygens (including phenoxy) is 2. The molecule has 5 aliphatic heterocycles. The van der Waals surface area contributed by atoms with Crippen molar-refractivity contribution in [3.05, 3.63) is 46.4 Å². The molecule has 4 N–H and O–H groups in total. The summed E-state index contributed by atoms with van der Waals surface area (Å²) in [6.07, 6.45) is -7.73. The van der Waals surface area contributed by atoms with Gasteiger partial charge in [0.05, 0.1) is 22.8 Å². The molecule has 0 radical (unpaired) electrons. The van der Waals surface area contributed by atoms with Gasteiger partial charge in [-0.3, -0.25) is 0 Å². The van der Waals surface area contributed by atoms with E-state index in [-0.39, 0.29) is 69.5 Å². The van der Waals surface area contributed by atoms with Crippen LogP contribution < -0.4 is 29.9 Å². The molecule has 4 aromatic heterocycles. The van der Waals surface area contributed by atoms with Crippen LogP contribution in [0.1, 0.15) is 49.8 Å². The first-order chi connectivity index (χ1) is 28.0. The third kappa shape index (κ3) is 7.22. The average molecular weight is 865 g/mol. The fourth-order valence-electron chi connectivity index (χ4n) is 8.73. The number of fused-ring (bicyclic) bond motifs is 6. The lowest BCUT2D eigenvalue weighted by atomic mass is 9.85. The topological polar surface area (TPSA) is 167 Å². The van der Waals surface area contributed by atoms with Gasteiger partial charge in [0.2, 0.25) is 0 Å². The third-order valence-electron chi connectivity index (χ3n) is 11.2. The van der Waals surface area contributed by atoms with Gasteiger partial charge < -0.3 is 49.0 Å². The summed E-state index contributed by atoms with van der Waals surface area (Å²) in [7, 11) is 0. The Hall–Kier alpha value is -4.74. The molecule has 312 valence electrons. The van der Waals surface area contributed by atoms with Crippen molar-refractivity contribution in [2.75, 3.05) is 36.0 Å². The molecule has 6 atom stereocenters. The number of piperidine rings is 1. The molecule has 5 aliphatic rings. The van der Waals surface area contributed by atoms with E-state index in [0.29, 0.717) is 36.2 Å². The second-order valence-corrected chi connectivity index (χ2v) is 17.3. The van der Waals surface area contributed by atoms with E-state index in [9.17, 15) is 36.6 Å². The molecule has 11 rings (SSSR count). The zero-order valence-corrected chi connectivity index (χ0v) is 32.4. The van der Waals surface area contributed by atoms with E-state index in [1.807, 2.05) is 4.90 Å². The Labute approximate surface area is 337 Å². The third-order valence-corrected chi connectivity index (χ3v) is 12.8. The quantitative estimate of drug-likeness (QED) is 0.106. The first kappa shape index (κ1) is 38.5. The number of thiazole rings is 2. The summed E-state index contributed by atoms with van der Waals surface area (Å²) < 4.78 is 107. The Kier molecular flexibility index (Phi) is 9.07. The first-order valence-electron chi connectivity index (χ1n) is 18.7. The van der Waals surface area contributed by atoms with Gasteiger partial charge in [-0.2, -0.15) is 9.97 Å². The number of nitrogens with zero attached hydrogens (tertiary/aromatic N) is 6. The highest BCUT2D eigenvalue weighted by atomic mass is 32.1. The molecule has 59 heavy (non-hydrogen) atoms. The molecule has 0 spiro atoms. The van der Waals surface area contributed by atoms with E-state index >= 15 is 0 Å². The summed E-state index contributed by atoms with van der Waals surface area (Å²) >= 11 is 2.30. The number of halogens is 6. The first-order valence-corrected chi connectivity index (χ1v) is 20.5. The van der Waals surface area contributed by atoms with E-state index in [0.717, 1.165) is 48.9 Å². The predicted molar refractivity (Wildman–Crippen MR) is 202 cm³/mol. The number of aromatic nitrogens is 4. The maximum Gasteiger partial charge on any atom is 0.573 e. The van der Waals surface area contributed by atoms with Gasteiger partial charge in [0.15, 0.2) is 33.7 Å². The highest BCUT2D eigenvalue weighted by Gasteiger charge is 2.44. The number of aliphatic hydroxyl groups excluding tert-OH is 1. The van der Waals surface area contributed by atoms with Crippen molar-refractivity contribution in [1.29, 1.82) is 0 Å². The van der Waals surface area contributed by atoms with Gasteiger partial charge in [-0.05, 0) is 38.3 Å². The number of piperazine rings is 2. The van der Waals surface area contributed by atoms with Crippen LogP contribution in [-0.2, 0) is 5.60 Å². The largest absolute Gasteiger partial charge is 0.573 e. The number of hydrogen-bond acceptors (Lipinski definition) is 16. The van der Waals surface area contributed by atoms with Crippen LogP contribution in [0.15, 0.2) is 44.1 Å². The van der Waals surface area contributed by atoms with Crippen molar-refractivity contribution in [3.8, 4) is 32.6 Å². The molecule has 5 saturated heterocycles. The summed E-state index contributed by atoms with van der Waals surface area (Å²) in [5.41, 5.74) is -3.93. The fraction of sp³-hybridized carbons (Fsp3) is 0.459. The molecular formula is C37H34F6N8O6S2. The van der Waals surface area contributed by atoms with Crippen LogP contribution in [0, 0.1) is 0 Å². The molecule has 22 heteroatoms. The SMILES string of the molecule is CC(O)(CC(O)c1cc(-c2nccs2)c2oc(N3CC4CC(C3)N4)nc2c1OC(F)(F)F)c1cc(-c2nccs2)c2oc(N3CC4CCC(C3)N4)nc2c1OC(F)(F)F. The van der Waals surface area contributed by atoms with Crippen molar-refractivity contribution in [1.82, 2.24) is 30.6 Å². The molecular weight excluding hydrogens is 831 g/mol. The molecule has 0 aliphatic carbocycles. The molecule has 4 bridgehead atoms. The number of alkyl halides is 6. The number of rotatable bonds is 10. The van der Waals surface area contributed by atoms with Crippen LogP contribution in [-0.4, -0.2) is 93.2 Å². The summed E-state index contributed by atoms with van der Waals surface area (Å²) in [6, 6.07) is 3.05. The van der Waals surface area contributed by atoms with Gasteiger partial charge >= 0.3 is 12.7 Å². The molecule has 14 nitrogen and oxygen atoms in total. The van der Waals surface area contributed by atoms with Crippen LogP contribution in [0.3, 0.4) is 0 Å². The van der Waals surface area contributed by atoms with Gasteiger partial charge in [0.1, 0.15) is 10.0 Å². The van der Waals surface area contributed by atoms with E-state index in [1.165, 1.54) is 24.5 Å². The highest BCUT2D eigenvalue weighted by Crippen LogP contribution is 2.50. The van der Waals surface area contributed by atoms with Crippen molar-refractivity contribution >= 4 is 56.9 Å². The van der Waals surface area contributed by atoms with Crippen molar-refractivity contribution in [2.24, 2.45) is 0 Å². The second kappa shape index (κ2) is 13.9. The summed E-state index contributed by atoms with van der Waals surface area (Å²) in [5, 5.41) is 35.0. The summed E-state index contributed by atoms with van der Waals surface area (Å²) in [4.78, 5) is 21.3. The highest BCUT2D eigenvalue weighted by molar-refractivity contribution is 7.13. The predicted octanol–water partition coefficient (Wildman–Crippen LogP) is 6.84. The van der Waals surface area contributed by atoms with Gasteiger partial charge in [-0.1, -0.05) is 0 Å². The van der Waals surface area contributed by atoms with Gasteiger partial charge in [0, 0.05) is 91.0 Å². The number of anilines is 2. The Bertz CT molecular complexity index is 2500. The maximum absolute atomic E-state index is 14.3. The molecule has 5 fully saturated rings. The molecule has 0 amide bonds. The molecule has 6 unspecified atom stereocenters. The lowest BCUT2D eigenvalue weighted by molar-refractivity contribution is -0.275. The van der Waals surface area contributed by atoms with Gasteiger partial charge in [-0.25, -0.2) is 9.97 Å². The number of oxazole rings is 2. The minimum atomic E-state index is -5.29. The van der Waals surface area contributed by atoms with E-state index in [1.54, 1.807) is 15.7 Å². The van der Waals surface area contributed by atoms with Crippen molar-refractivity contribution in [2.45, 2.75) is 81.2 Å². The number of hydrogen-bond donors (Lipinski definition) is 4. The smallest absolute Gasteiger partial charge is 0.422 e. The molecule has 2 aromatic carbocycles. The van der Waals surface area contributed by atoms with Crippen molar-refractivity contribution in [3.63, 3.8) is 0 Å².